The smallest absolute Gasteiger partial charge is 0.232 e. The lowest BCUT2D eigenvalue weighted by atomic mass is 9.86. The zero-order valence-electron chi connectivity index (χ0n) is 17.8. The van der Waals surface area contributed by atoms with Gasteiger partial charge in [-0.25, -0.2) is 9.51 Å². The van der Waals surface area contributed by atoms with Crippen molar-refractivity contribution >= 4 is 40.4 Å². The maximum atomic E-state index is 13.1. The van der Waals surface area contributed by atoms with Crippen molar-refractivity contribution in [3.8, 4) is 0 Å². The lowest BCUT2D eigenvalue weighted by molar-refractivity contribution is -0.132. The van der Waals surface area contributed by atoms with Crippen LogP contribution in [-0.4, -0.2) is 45.6 Å². The molecule has 9 heteroatoms. The standard InChI is InChI=1S/C23H25ClN6O2/c1-23(14-20(31)30(22(25)28-23)16-7-11-32-12-8-16)18-3-2-4-19(21(18)24)27-15-6-10-29-17(13-15)5-9-26-29/h2-6,9-10,13,16,27H,7-8,11-12,14H2,1H3,(H2,25,28)/t23-/m0/s1. The van der Waals surface area contributed by atoms with E-state index in [-0.39, 0.29) is 24.3 Å². The maximum Gasteiger partial charge on any atom is 0.232 e. The molecule has 166 valence electrons. The number of guanidine groups is 1. The number of anilines is 2. The molecule has 1 aromatic carbocycles. The predicted octanol–water partition coefficient (Wildman–Crippen LogP) is 3.67. The highest BCUT2D eigenvalue weighted by Crippen LogP contribution is 2.41. The fourth-order valence-corrected chi connectivity index (χ4v) is 4.92. The Bertz CT molecular complexity index is 1200. The molecule has 3 aromatic rings. The highest BCUT2D eigenvalue weighted by Gasteiger charge is 2.41. The summed E-state index contributed by atoms with van der Waals surface area (Å²) >= 11 is 6.83. The second-order valence-electron chi connectivity index (χ2n) is 8.44. The van der Waals surface area contributed by atoms with Crippen molar-refractivity contribution in [3.63, 3.8) is 0 Å². The van der Waals surface area contributed by atoms with Gasteiger partial charge < -0.3 is 15.8 Å². The quantitative estimate of drug-likeness (QED) is 0.629. The van der Waals surface area contributed by atoms with E-state index in [1.165, 1.54) is 0 Å². The molecule has 2 aliphatic heterocycles. The SMILES string of the molecule is C[C@@]1(c2cccc(Nc3ccn4nccc4c3)c2Cl)CC(=O)N(C2CCOCC2)C(N)=N1. The number of nitrogens with one attached hydrogen (secondary N) is 1. The van der Waals surface area contributed by atoms with Crippen molar-refractivity contribution in [2.24, 2.45) is 10.7 Å². The van der Waals surface area contributed by atoms with E-state index in [9.17, 15) is 4.79 Å². The molecule has 2 aliphatic rings. The fourth-order valence-electron chi connectivity index (χ4n) is 4.54. The Kier molecular flexibility index (Phi) is 5.27. The van der Waals surface area contributed by atoms with E-state index in [0.717, 1.165) is 35.3 Å². The lowest BCUT2D eigenvalue weighted by Gasteiger charge is -2.40. The molecule has 0 saturated carbocycles. The van der Waals surface area contributed by atoms with Crippen LogP contribution in [0.5, 0.6) is 0 Å². The van der Waals surface area contributed by atoms with Crippen LogP contribution in [0.1, 0.15) is 31.7 Å². The summed E-state index contributed by atoms with van der Waals surface area (Å²) in [6.45, 7) is 3.16. The average Bonchev–Trinajstić information content (AvgIpc) is 3.23. The molecule has 0 unspecified atom stereocenters. The van der Waals surface area contributed by atoms with Gasteiger partial charge in [-0.15, -0.1) is 0 Å². The van der Waals surface area contributed by atoms with Gasteiger partial charge in [-0.1, -0.05) is 23.7 Å². The highest BCUT2D eigenvalue weighted by molar-refractivity contribution is 6.34. The number of hydrogen-bond acceptors (Lipinski definition) is 6. The van der Waals surface area contributed by atoms with Crippen LogP contribution in [0, 0.1) is 0 Å². The zero-order valence-corrected chi connectivity index (χ0v) is 18.5. The first-order chi connectivity index (χ1) is 15.4. The first-order valence-electron chi connectivity index (χ1n) is 10.7. The molecule has 3 N–H and O–H groups in total. The summed E-state index contributed by atoms with van der Waals surface area (Å²) in [6.07, 6.45) is 5.36. The van der Waals surface area contributed by atoms with Gasteiger partial charge in [0.25, 0.3) is 0 Å². The van der Waals surface area contributed by atoms with Crippen molar-refractivity contribution in [3.05, 3.63) is 59.4 Å². The summed E-state index contributed by atoms with van der Waals surface area (Å²) in [5.41, 5.74) is 8.83. The number of nitrogens with two attached hydrogens (primary N) is 1. The molecule has 0 spiro atoms. The van der Waals surface area contributed by atoms with Gasteiger partial charge in [-0.05, 0) is 44.0 Å². The van der Waals surface area contributed by atoms with Crippen LogP contribution in [0.2, 0.25) is 5.02 Å². The number of carbonyl (C=O) groups excluding carboxylic acids is 1. The molecule has 1 atom stereocenters. The zero-order chi connectivity index (χ0) is 22.3. The summed E-state index contributed by atoms with van der Waals surface area (Å²) in [5.74, 6) is 0.212. The van der Waals surface area contributed by atoms with Crippen LogP contribution in [-0.2, 0) is 15.1 Å². The fraction of sp³-hybridized carbons (Fsp3) is 0.348. The number of halogens is 1. The van der Waals surface area contributed by atoms with Crippen LogP contribution in [0.15, 0.2) is 53.8 Å². The topological polar surface area (TPSA) is 97.2 Å². The van der Waals surface area contributed by atoms with Gasteiger partial charge >= 0.3 is 0 Å². The molecular formula is C23H25ClN6O2. The van der Waals surface area contributed by atoms with Gasteiger partial charge in [0.05, 0.1) is 28.2 Å². The predicted molar refractivity (Wildman–Crippen MR) is 124 cm³/mol. The minimum absolute atomic E-state index is 0.0338. The number of amides is 1. The second kappa shape index (κ2) is 8.11. The highest BCUT2D eigenvalue weighted by atomic mass is 35.5. The molecule has 32 heavy (non-hydrogen) atoms. The number of aliphatic imine (C=N–C) groups is 1. The van der Waals surface area contributed by atoms with Gasteiger partial charge in [0.1, 0.15) is 0 Å². The molecule has 2 aromatic heterocycles. The number of nitrogens with zero attached hydrogens (tertiary/aromatic N) is 4. The third kappa shape index (κ3) is 3.69. The Labute approximate surface area is 191 Å². The van der Waals surface area contributed by atoms with E-state index in [1.54, 1.807) is 15.6 Å². The van der Waals surface area contributed by atoms with Gasteiger partial charge in [0.15, 0.2) is 5.96 Å². The molecule has 5 rings (SSSR count). The van der Waals surface area contributed by atoms with Crippen LogP contribution < -0.4 is 11.1 Å². The van der Waals surface area contributed by atoms with E-state index >= 15 is 0 Å². The number of ether oxygens (including phenoxy) is 1. The Morgan fingerprint density at radius 3 is 2.84 bits per heavy atom. The molecule has 1 amide bonds. The number of benzene rings is 1. The number of aromatic nitrogens is 2. The van der Waals surface area contributed by atoms with Gasteiger partial charge in [0.2, 0.25) is 5.91 Å². The number of hydrogen-bond donors (Lipinski definition) is 2. The number of rotatable bonds is 4. The molecule has 0 aliphatic carbocycles. The minimum Gasteiger partial charge on any atom is -0.381 e. The normalized spacial score (nSPS) is 22.2. The summed E-state index contributed by atoms with van der Waals surface area (Å²) in [7, 11) is 0. The van der Waals surface area contributed by atoms with E-state index in [2.05, 4.69) is 10.4 Å². The third-order valence-corrected chi connectivity index (χ3v) is 6.59. The third-order valence-electron chi connectivity index (χ3n) is 6.19. The number of carbonyl (C=O) groups is 1. The van der Waals surface area contributed by atoms with Gasteiger partial charge in [-0.3, -0.25) is 9.69 Å². The molecule has 4 heterocycles. The first-order valence-corrected chi connectivity index (χ1v) is 11.1. The largest absolute Gasteiger partial charge is 0.381 e. The second-order valence-corrected chi connectivity index (χ2v) is 8.81. The summed E-state index contributed by atoms with van der Waals surface area (Å²) in [6, 6.07) is 11.6. The van der Waals surface area contributed by atoms with Crippen molar-refractivity contribution in [2.45, 2.75) is 37.8 Å². The molecule has 8 nitrogen and oxygen atoms in total. The van der Waals surface area contributed by atoms with E-state index in [1.807, 2.05) is 49.5 Å². The van der Waals surface area contributed by atoms with Crippen molar-refractivity contribution in [2.75, 3.05) is 18.5 Å². The molecule has 0 bridgehead atoms. The first kappa shape index (κ1) is 20.8. The number of fused-ring (bicyclic) bond motifs is 1. The van der Waals surface area contributed by atoms with Crippen LogP contribution in [0.25, 0.3) is 5.52 Å². The molecule has 1 saturated heterocycles. The maximum absolute atomic E-state index is 13.1. The monoisotopic (exact) mass is 452 g/mol. The summed E-state index contributed by atoms with van der Waals surface area (Å²) in [4.78, 5) is 19.5. The van der Waals surface area contributed by atoms with Crippen LogP contribution >= 0.6 is 11.6 Å². The summed E-state index contributed by atoms with van der Waals surface area (Å²) in [5, 5.41) is 8.11. The molecular weight excluding hydrogens is 428 g/mol. The Hall–Kier alpha value is -3.10. The lowest BCUT2D eigenvalue weighted by Crippen LogP contribution is -2.55. The van der Waals surface area contributed by atoms with E-state index in [4.69, 9.17) is 27.1 Å². The van der Waals surface area contributed by atoms with Crippen LogP contribution in [0.4, 0.5) is 11.4 Å². The molecule has 0 radical (unpaired) electrons. The Balaban J connectivity index is 1.45. The Morgan fingerprint density at radius 2 is 2.06 bits per heavy atom. The Morgan fingerprint density at radius 1 is 1.25 bits per heavy atom. The van der Waals surface area contributed by atoms with Gasteiger partial charge in [0, 0.05) is 42.9 Å². The van der Waals surface area contributed by atoms with Crippen molar-refractivity contribution in [1.82, 2.24) is 14.5 Å². The van der Waals surface area contributed by atoms with Gasteiger partial charge in [-0.2, -0.15) is 5.10 Å². The minimum atomic E-state index is -0.840. The van der Waals surface area contributed by atoms with Crippen molar-refractivity contribution in [1.29, 1.82) is 0 Å². The van der Waals surface area contributed by atoms with Crippen LogP contribution in [0.3, 0.4) is 0 Å². The van der Waals surface area contributed by atoms with Crippen molar-refractivity contribution < 1.29 is 9.53 Å². The van der Waals surface area contributed by atoms with E-state index < -0.39 is 5.54 Å². The number of pyridine rings is 1. The summed E-state index contributed by atoms with van der Waals surface area (Å²) < 4.78 is 7.21. The average molecular weight is 453 g/mol. The molecule has 1 fully saturated rings. The van der Waals surface area contributed by atoms with E-state index in [0.29, 0.717) is 18.2 Å².